The molecule has 3 aromatic rings. The van der Waals surface area contributed by atoms with E-state index in [4.69, 9.17) is 14.9 Å². The van der Waals surface area contributed by atoms with Gasteiger partial charge >= 0.3 is 0 Å². The average Bonchev–Trinajstić information content (AvgIpc) is 2.90. The second-order valence-corrected chi connectivity index (χ2v) is 5.18. The number of para-hydroxylation sites is 1. The SMILES string of the molecule is Cc1ccc(C(Oc2cccc3cccnc23)C(C)N)o1. The van der Waals surface area contributed by atoms with Crippen LogP contribution in [0.15, 0.2) is 53.1 Å². The molecule has 21 heavy (non-hydrogen) atoms. The smallest absolute Gasteiger partial charge is 0.171 e. The number of hydrogen-bond acceptors (Lipinski definition) is 4. The number of hydrogen-bond donors (Lipinski definition) is 1. The highest BCUT2D eigenvalue weighted by atomic mass is 16.5. The Hall–Kier alpha value is -2.33. The van der Waals surface area contributed by atoms with E-state index in [9.17, 15) is 0 Å². The molecule has 1 aromatic carbocycles. The lowest BCUT2D eigenvalue weighted by atomic mass is 10.1. The van der Waals surface area contributed by atoms with Crippen molar-refractivity contribution in [2.75, 3.05) is 0 Å². The van der Waals surface area contributed by atoms with E-state index in [0.717, 1.165) is 22.4 Å². The predicted molar refractivity (Wildman–Crippen MR) is 82.2 cm³/mol. The van der Waals surface area contributed by atoms with Gasteiger partial charge in [-0.15, -0.1) is 0 Å². The first-order valence-electron chi connectivity index (χ1n) is 6.97. The van der Waals surface area contributed by atoms with Gasteiger partial charge in [0, 0.05) is 17.6 Å². The molecule has 4 heteroatoms. The Morgan fingerprint density at radius 3 is 2.67 bits per heavy atom. The normalized spacial score (nSPS) is 14.0. The Morgan fingerprint density at radius 2 is 1.95 bits per heavy atom. The van der Waals surface area contributed by atoms with E-state index in [1.807, 2.05) is 56.3 Å². The van der Waals surface area contributed by atoms with Crippen LogP contribution in [0.5, 0.6) is 5.75 Å². The summed E-state index contributed by atoms with van der Waals surface area (Å²) >= 11 is 0. The van der Waals surface area contributed by atoms with Crippen molar-refractivity contribution in [3.63, 3.8) is 0 Å². The molecule has 0 bridgehead atoms. The monoisotopic (exact) mass is 282 g/mol. The van der Waals surface area contributed by atoms with Crippen LogP contribution < -0.4 is 10.5 Å². The molecule has 2 atom stereocenters. The number of fused-ring (bicyclic) bond motifs is 1. The molecule has 0 aliphatic heterocycles. The van der Waals surface area contributed by atoms with Gasteiger partial charge in [-0.3, -0.25) is 4.98 Å². The lowest BCUT2D eigenvalue weighted by Crippen LogP contribution is -2.28. The maximum Gasteiger partial charge on any atom is 0.171 e. The number of furan rings is 1. The van der Waals surface area contributed by atoms with Crippen molar-refractivity contribution in [3.05, 3.63) is 60.2 Å². The van der Waals surface area contributed by atoms with Crippen LogP contribution in [0.4, 0.5) is 0 Å². The van der Waals surface area contributed by atoms with E-state index in [1.54, 1.807) is 6.20 Å². The zero-order valence-electron chi connectivity index (χ0n) is 12.1. The molecule has 4 nitrogen and oxygen atoms in total. The first-order chi connectivity index (χ1) is 10.1. The fourth-order valence-corrected chi connectivity index (χ4v) is 2.34. The van der Waals surface area contributed by atoms with Crippen molar-refractivity contribution in [3.8, 4) is 5.75 Å². The summed E-state index contributed by atoms with van der Waals surface area (Å²) in [5.41, 5.74) is 6.89. The summed E-state index contributed by atoms with van der Waals surface area (Å²) in [6.07, 6.45) is 1.42. The van der Waals surface area contributed by atoms with Gasteiger partial charge in [-0.25, -0.2) is 0 Å². The summed E-state index contributed by atoms with van der Waals surface area (Å²) in [5.74, 6) is 2.29. The molecule has 0 fully saturated rings. The first kappa shape index (κ1) is 13.6. The largest absolute Gasteiger partial charge is 0.479 e. The van der Waals surface area contributed by atoms with Gasteiger partial charge in [-0.05, 0) is 38.1 Å². The Labute approximate surface area is 123 Å². The van der Waals surface area contributed by atoms with E-state index in [-0.39, 0.29) is 12.1 Å². The Bertz CT molecular complexity index is 744. The molecule has 0 aliphatic carbocycles. The molecular formula is C17H18N2O2. The summed E-state index contributed by atoms with van der Waals surface area (Å²) in [5, 5.41) is 1.04. The van der Waals surface area contributed by atoms with Crippen LogP contribution >= 0.6 is 0 Å². The molecule has 0 aliphatic rings. The van der Waals surface area contributed by atoms with Crippen molar-refractivity contribution in [1.82, 2.24) is 4.98 Å². The number of aryl methyl sites for hydroxylation is 1. The van der Waals surface area contributed by atoms with E-state index in [2.05, 4.69) is 4.98 Å². The molecule has 2 aromatic heterocycles. The molecule has 2 heterocycles. The molecule has 2 N–H and O–H groups in total. The molecule has 0 saturated carbocycles. The fourth-order valence-electron chi connectivity index (χ4n) is 2.34. The number of nitrogens with two attached hydrogens (primary N) is 1. The number of rotatable bonds is 4. The minimum atomic E-state index is -0.341. The van der Waals surface area contributed by atoms with Gasteiger partial charge < -0.3 is 14.9 Å². The number of aromatic nitrogens is 1. The van der Waals surface area contributed by atoms with Crippen LogP contribution in [0.1, 0.15) is 24.5 Å². The zero-order chi connectivity index (χ0) is 14.8. The molecule has 0 saturated heterocycles. The number of pyridine rings is 1. The van der Waals surface area contributed by atoms with Crippen LogP contribution in [-0.4, -0.2) is 11.0 Å². The third-order valence-electron chi connectivity index (χ3n) is 3.37. The van der Waals surface area contributed by atoms with E-state index in [0.29, 0.717) is 5.75 Å². The van der Waals surface area contributed by atoms with Gasteiger partial charge in [0.05, 0.1) is 0 Å². The maximum absolute atomic E-state index is 6.11. The third kappa shape index (κ3) is 2.76. The van der Waals surface area contributed by atoms with Crippen LogP contribution in [0.3, 0.4) is 0 Å². The van der Waals surface area contributed by atoms with Crippen molar-refractivity contribution < 1.29 is 9.15 Å². The summed E-state index contributed by atoms with van der Waals surface area (Å²) in [6, 6.07) is 13.4. The van der Waals surface area contributed by atoms with Gasteiger partial charge in [0.2, 0.25) is 0 Å². The van der Waals surface area contributed by atoms with Gasteiger partial charge in [-0.2, -0.15) is 0 Å². The van der Waals surface area contributed by atoms with E-state index in [1.165, 1.54) is 0 Å². The van der Waals surface area contributed by atoms with Crippen molar-refractivity contribution in [2.45, 2.75) is 26.0 Å². The Morgan fingerprint density at radius 1 is 1.14 bits per heavy atom. The number of benzene rings is 1. The number of ether oxygens (including phenoxy) is 1. The highest BCUT2D eigenvalue weighted by Crippen LogP contribution is 2.30. The molecular weight excluding hydrogens is 264 g/mol. The summed E-state index contributed by atoms with van der Waals surface area (Å²) in [4.78, 5) is 4.40. The third-order valence-corrected chi connectivity index (χ3v) is 3.37. The second kappa shape index (κ2) is 5.58. The summed E-state index contributed by atoms with van der Waals surface area (Å²) in [6.45, 7) is 3.81. The summed E-state index contributed by atoms with van der Waals surface area (Å²) in [7, 11) is 0. The Balaban J connectivity index is 1.99. The highest BCUT2D eigenvalue weighted by Gasteiger charge is 2.22. The maximum atomic E-state index is 6.11. The lowest BCUT2D eigenvalue weighted by molar-refractivity contribution is 0.153. The standard InChI is InChI=1S/C17H18N2O2/c1-11-8-9-15(20-11)17(12(2)18)21-14-7-3-5-13-6-4-10-19-16(13)14/h3-10,12,17H,18H2,1-2H3. The minimum Gasteiger partial charge on any atom is -0.479 e. The molecule has 108 valence electrons. The van der Waals surface area contributed by atoms with Gasteiger partial charge in [0.1, 0.15) is 22.8 Å². The average molecular weight is 282 g/mol. The molecule has 0 spiro atoms. The topological polar surface area (TPSA) is 61.3 Å². The van der Waals surface area contributed by atoms with Crippen LogP contribution in [0.2, 0.25) is 0 Å². The minimum absolute atomic E-state index is 0.200. The van der Waals surface area contributed by atoms with Gasteiger partial charge in [-0.1, -0.05) is 18.2 Å². The van der Waals surface area contributed by atoms with Gasteiger partial charge in [0.25, 0.3) is 0 Å². The predicted octanol–water partition coefficient (Wildman–Crippen LogP) is 3.60. The quantitative estimate of drug-likeness (QED) is 0.794. The van der Waals surface area contributed by atoms with Crippen molar-refractivity contribution in [1.29, 1.82) is 0 Å². The first-order valence-corrected chi connectivity index (χ1v) is 6.97. The van der Waals surface area contributed by atoms with Crippen molar-refractivity contribution >= 4 is 10.9 Å². The van der Waals surface area contributed by atoms with E-state index < -0.39 is 0 Å². The Kier molecular flexibility index (Phi) is 3.62. The summed E-state index contributed by atoms with van der Waals surface area (Å²) < 4.78 is 11.8. The fraction of sp³-hybridized carbons (Fsp3) is 0.235. The zero-order valence-corrected chi connectivity index (χ0v) is 12.1. The number of nitrogens with zero attached hydrogens (tertiary/aromatic N) is 1. The highest BCUT2D eigenvalue weighted by molar-refractivity contribution is 5.84. The molecule has 3 rings (SSSR count). The van der Waals surface area contributed by atoms with Gasteiger partial charge in [0.15, 0.2) is 6.10 Å². The van der Waals surface area contributed by atoms with Crippen LogP contribution in [0, 0.1) is 6.92 Å². The van der Waals surface area contributed by atoms with Crippen LogP contribution in [0.25, 0.3) is 10.9 Å². The lowest BCUT2D eigenvalue weighted by Gasteiger charge is -2.21. The van der Waals surface area contributed by atoms with E-state index >= 15 is 0 Å². The molecule has 2 unspecified atom stereocenters. The molecule has 0 amide bonds. The second-order valence-electron chi connectivity index (χ2n) is 5.18. The van der Waals surface area contributed by atoms with Crippen molar-refractivity contribution in [2.24, 2.45) is 5.73 Å². The molecule has 0 radical (unpaired) electrons. The van der Waals surface area contributed by atoms with Crippen LogP contribution in [-0.2, 0) is 0 Å².